The second-order valence-electron chi connectivity index (χ2n) is 26.4. The summed E-state index contributed by atoms with van der Waals surface area (Å²) in [6.45, 7) is 9.46. The molecule has 7 aromatic rings. The second kappa shape index (κ2) is 30.3. The highest BCUT2D eigenvalue weighted by Gasteiger charge is 2.45. The summed E-state index contributed by atoms with van der Waals surface area (Å²) in [5.74, 6) is 0. The number of benzene rings is 4. The number of unbranched alkanes of at least 4 members (excludes halogenated alkanes) is 25. The summed E-state index contributed by atoms with van der Waals surface area (Å²) in [6.07, 6.45) is 49.8. The van der Waals surface area contributed by atoms with E-state index in [4.69, 9.17) is 9.97 Å². The van der Waals surface area contributed by atoms with Crippen molar-refractivity contribution in [3.63, 3.8) is 0 Å². The molecule has 0 spiro atoms. The smallest absolute Gasteiger partial charge is 0.0737 e. The summed E-state index contributed by atoms with van der Waals surface area (Å²) in [6, 6.07) is 46.5. The van der Waals surface area contributed by atoms with E-state index in [0.717, 1.165) is 75.2 Å². The first-order chi connectivity index (χ1) is 42.8. The fourth-order valence-electron chi connectivity index (χ4n) is 15.8. The molecule has 0 saturated carbocycles. The number of hydrogen-bond acceptors (Lipinski definition) is 2. The third-order valence-electron chi connectivity index (χ3n) is 20.3. The number of halogens is 2. The van der Waals surface area contributed by atoms with Crippen molar-refractivity contribution in [1.82, 2.24) is 17.2 Å². The first kappa shape index (κ1) is 63.0. The van der Waals surface area contributed by atoms with Gasteiger partial charge in [0.25, 0.3) is 0 Å². The van der Waals surface area contributed by atoms with Crippen LogP contribution in [0.15, 0.2) is 121 Å². The quantitative estimate of drug-likeness (QED) is 0.0384. The van der Waals surface area contributed by atoms with Gasteiger partial charge in [-0.3, -0.25) is 7.19 Å². The van der Waals surface area contributed by atoms with Crippen molar-refractivity contribution >= 4 is 78.7 Å². The van der Waals surface area contributed by atoms with Crippen molar-refractivity contribution < 1.29 is 0 Å². The number of fused-ring (bicyclic) bond motifs is 14. The van der Waals surface area contributed by atoms with Gasteiger partial charge in [0.2, 0.25) is 0 Å². The van der Waals surface area contributed by atoms with Crippen molar-refractivity contribution in [3.8, 4) is 44.5 Å². The van der Waals surface area contributed by atoms with Crippen molar-refractivity contribution in [2.24, 2.45) is 0 Å². The highest BCUT2D eigenvalue weighted by atomic mass is 79.9. The number of nitrogens with zero attached hydrogens (tertiary/aromatic N) is 4. The average Bonchev–Trinajstić information content (AvgIpc) is 1.58. The van der Waals surface area contributed by atoms with Crippen molar-refractivity contribution in [2.45, 2.75) is 238 Å². The number of hydrogen-bond donors (Lipinski definition) is 0. The zero-order chi connectivity index (χ0) is 60.0. The number of rotatable bonds is 33. The van der Waals surface area contributed by atoms with Gasteiger partial charge >= 0.3 is 0 Å². The Morgan fingerprint density at radius 2 is 0.701 bits per heavy atom. The van der Waals surface area contributed by atoms with E-state index >= 15 is 0 Å². The molecule has 6 heteroatoms. The fraction of sp³-hybridized carbons (Fsp3) is 0.457. The van der Waals surface area contributed by atoms with Gasteiger partial charge in [-0.2, -0.15) is 0 Å². The van der Waals surface area contributed by atoms with E-state index in [2.05, 4.69) is 213 Å². The summed E-state index contributed by atoms with van der Waals surface area (Å²) in [4.78, 5) is 11.3. The summed E-state index contributed by atoms with van der Waals surface area (Å²) in [5.41, 5.74) is 24.0. The van der Waals surface area contributed by atoms with Gasteiger partial charge < -0.3 is 0 Å². The molecule has 2 unspecified atom stereocenters. The van der Waals surface area contributed by atoms with Crippen LogP contribution in [0, 0.1) is 0 Å². The zero-order valence-corrected chi connectivity index (χ0v) is 56.5. The van der Waals surface area contributed by atoms with Crippen LogP contribution in [0.1, 0.15) is 272 Å². The van der Waals surface area contributed by atoms with Gasteiger partial charge in [0.05, 0.1) is 77.1 Å². The first-order valence-corrected chi connectivity index (χ1v) is 36.2. The van der Waals surface area contributed by atoms with E-state index in [0.29, 0.717) is 0 Å². The van der Waals surface area contributed by atoms with Crippen LogP contribution in [0.2, 0.25) is 0 Å². The minimum atomic E-state index is -0.159. The predicted octanol–water partition coefficient (Wildman–Crippen LogP) is 26.0. The Morgan fingerprint density at radius 1 is 0.345 bits per heavy atom. The van der Waals surface area contributed by atoms with Gasteiger partial charge in [-0.25, -0.2) is 9.97 Å². The monoisotopic (exact) mass is 1280 g/mol. The van der Waals surface area contributed by atoms with E-state index in [-0.39, 0.29) is 10.8 Å². The van der Waals surface area contributed by atoms with E-state index in [9.17, 15) is 0 Å². The molecule has 4 nitrogen and oxygen atoms in total. The standard InChI is InChI=1S/C81H98Br2N4/c1-5-8-11-14-17-19-20-21-22-23-24-26-29-36-57-81(56-35-28-25-18-15-12-9-6-2)71-46-33-31-40-65(71)67-42-38-44-69(79(67)81)77-73-52-48-61(85-73)59-62-49-53-74(86(62)82)76(72-51-47-60(84-72)58-63-50-54-75(77)87(63)83)68-43-37-41-66-64-39-30-32-45-70(64)80(4,78(66)68)55-34-27-16-13-10-7-3/h30-33,37-54,58-59H,5-29,34-36,55-57H2,1-4H3. The molecule has 5 heterocycles. The molecule has 2 atom stereocenters. The summed E-state index contributed by atoms with van der Waals surface area (Å²) in [5, 5.41) is 0. The molecule has 4 aromatic carbocycles. The van der Waals surface area contributed by atoms with E-state index in [1.807, 2.05) is 0 Å². The van der Waals surface area contributed by atoms with E-state index < -0.39 is 0 Å². The Bertz CT molecular complexity index is 3700. The molecule has 11 rings (SSSR count). The molecule has 2 aliphatic heterocycles. The molecule has 456 valence electrons. The molecule has 0 radical (unpaired) electrons. The minimum absolute atomic E-state index is 0.116. The van der Waals surface area contributed by atoms with Crippen LogP contribution >= 0.6 is 32.3 Å². The third-order valence-corrected chi connectivity index (χ3v) is 21.9. The molecular formula is C81H98Br2N4. The average molecular weight is 1290 g/mol. The third kappa shape index (κ3) is 13.8. The Morgan fingerprint density at radius 3 is 1.16 bits per heavy atom. The SMILES string of the molecule is CCCCCCCCCCCCCCCCC1(CCCCCCCCCC)c2ccccc2-c2cccc(-c3c4nc(cc5ccc(c(-c6cccc7c6C(C)(CCCCCCCC)c6ccccc6-7)c6nc(cc7ccc3n7Br)C=C6)n5Br)C=C4)c21. The second-order valence-corrected chi connectivity index (χ2v) is 27.9. The van der Waals surface area contributed by atoms with Crippen molar-refractivity contribution in [3.05, 3.63) is 166 Å². The maximum Gasteiger partial charge on any atom is 0.0737 e. The van der Waals surface area contributed by atoms with Crippen LogP contribution < -0.4 is 0 Å². The first-order valence-electron chi connectivity index (χ1n) is 34.7. The van der Waals surface area contributed by atoms with Gasteiger partial charge in [0, 0.05) is 22.0 Å². The Hall–Kier alpha value is -5.56. The Labute approximate surface area is 540 Å². The normalized spacial score (nSPS) is 16.2. The molecule has 3 aromatic heterocycles. The molecule has 2 aliphatic carbocycles. The molecule has 0 amide bonds. The zero-order valence-electron chi connectivity index (χ0n) is 53.3. The Balaban J connectivity index is 0.991. The molecular weight excluding hydrogens is 1190 g/mol. The highest BCUT2D eigenvalue weighted by Crippen LogP contribution is 2.59. The topological polar surface area (TPSA) is 35.6 Å². The summed E-state index contributed by atoms with van der Waals surface area (Å²) < 4.78 is 4.43. The van der Waals surface area contributed by atoms with Crippen LogP contribution in [0.4, 0.5) is 0 Å². The molecule has 0 saturated heterocycles. The van der Waals surface area contributed by atoms with E-state index in [1.54, 1.807) is 0 Å². The highest BCUT2D eigenvalue weighted by molar-refractivity contribution is 9.08. The summed E-state index contributed by atoms with van der Waals surface area (Å²) in [7, 11) is 0. The van der Waals surface area contributed by atoms with Crippen LogP contribution in [0.5, 0.6) is 0 Å². The lowest BCUT2D eigenvalue weighted by Crippen LogP contribution is -2.26. The summed E-state index contributed by atoms with van der Waals surface area (Å²) >= 11 is 8.44. The van der Waals surface area contributed by atoms with Crippen LogP contribution in [-0.4, -0.2) is 17.2 Å². The van der Waals surface area contributed by atoms with Crippen LogP contribution in [0.25, 0.3) is 90.9 Å². The van der Waals surface area contributed by atoms with Gasteiger partial charge in [0.15, 0.2) is 0 Å². The van der Waals surface area contributed by atoms with Crippen molar-refractivity contribution in [2.75, 3.05) is 0 Å². The van der Waals surface area contributed by atoms with E-state index in [1.165, 1.54) is 235 Å². The maximum absolute atomic E-state index is 5.67. The minimum Gasteiger partial charge on any atom is -0.276 e. The molecule has 0 N–H and O–H groups in total. The largest absolute Gasteiger partial charge is 0.276 e. The molecule has 0 fully saturated rings. The lowest BCUT2D eigenvalue weighted by Gasteiger charge is -2.34. The molecule has 87 heavy (non-hydrogen) atoms. The van der Waals surface area contributed by atoms with Gasteiger partial charge in [-0.05, 0) is 136 Å². The van der Waals surface area contributed by atoms with Crippen molar-refractivity contribution in [1.29, 1.82) is 0 Å². The fourth-order valence-corrected chi connectivity index (χ4v) is 16.8. The van der Waals surface area contributed by atoms with Gasteiger partial charge in [-0.1, -0.05) is 292 Å². The number of aromatic nitrogens is 4. The molecule has 4 aliphatic rings. The van der Waals surface area contributed by atoms with Crippen LogP contribution in [-0.2, 0) is 10.8 Å². The van der Waals surface area contributed by atoms with Crippen LogP contribution in [0.3, 0.4) is 0 Å². The maximum atomic E-state index is 5.67. The Kier molecular flexibility index (Phi) is 21.9. The lowest BCUT2D eigenvalue weighted by molar-refractivity contribution is 0.397. The lowest BCUT2D eigenvalue weighted by atomic mass is 9.68. The predicted molar refractivity (Wildman–Crippen MR) is 384 cm³/mol. The van der Waals surface area contributed by atoms with Gasteiger partial charge in [0.1, 0.15) is 0 Å². The molecule has 8 bridgehead atoms. The van der Waals surface area contributed by atoms with Gasteiger partial charge in [-0.15, -0.1) is 0 Å².